The number of Topliss-reactive ketones (excluding diaryl/α,β-unsaturated/α-hetero) is 1. The van der Waals surface area contributed by atoms with Crippen molar-refractivity contribution in [3.8, 4) is 17.2 Å². The smallest absolute Gasteiger partial charge is 0.407 e. The minimum atomic E-state index is -2.19. The molecule has 2 heterocycles. The molecular formula is C55H63N7O19. The van der Waals surface area contributed by atoms with Gasteiger partial charge in [0.2, 0.25) is 35.3 Å². The summed E-state index contributed by atoms with van der Waals surface area (Å²) in [6.07, 6.45) is -4.18. The van der Waals surface area contributed by atoms with Crippen LogP contribution in [0.5, 0.6) is 17.2 Å². The van der Waals surface area contributed by atoms with Crippen LogP contribution < -0.4 is 37.1 Å². The molecular weight excluding hydrogens is 1060 g/mol. The topological polar surface area (TPSA) is 395 Å². The quantitative estimate of drug-likeness (QED) is 0.0295. The van der Waals surface area contributed by atoms with Crippen molar-refractivity contribution in [1.29, 1.82) is 0 Å². The summed E-state index contributed by atoms with van der Waals surface area (Å²) in [6.45, 7) is 5.21. The molecule has 0 spiro atoms. The Morgan fingerprint density at radius 1 is 0.840 bits per heavy atom. The summed E-state index contributed by atoms with van der Waals surface area (Å²) >= 11 is 0. The number of nitrogens with two attached hydrogens (primary N) is 1. The fourth-order valence-electron chi connectivity index (χ4n) is 9.90. The van der Waals surface area contributed by atoms with Gasteiger partial charge in [-0.2, -0.15) is 0 Å². The molecule has 2 aliphatic carbocycles. The summed E-state index contributed by atoms with van der Waals surface area (Å²) in [7, 11) is 1.29. The van der Waals surface area contributed by atoms with Crippen LogP contribution in [0.25, 0.3) is 0 Å². The van der Waals surface area contributed by atoms with Gasteiger partial charge in [0, 0.05) is 66.8 Å². The number of imide groups is 1. The molecule has 81 heavy (non-hydrogen) atoms. The largest absolute Gasteiger partial charge is 0.507 e. The summed E-state index contributed by atoms with van der Waals surface area (Å²) in [5.74, 6) is -8.41. The number of alkyl carbamates (subject to hydrolysis) is 1. The number of nitrogens with one attached hydrogen (secondary N) is 5. The summed E-state index contributed by atoms with van der Waals surface area (Å²) < 4.78 is 23.0. The number of unbranched alkanes of at least 4 members (excludes halogenated alkanes) is 2. The Hall–Kier alpha value is -8.59. The van der Waals surface area contributed by atoms with E-state index >= 15 is 0 Å². The first kappa shape index (κ1) is 60.1. The molecule has 8 amide bonds. The second kappa shape index (κ2) is 25.2. The molecule has 1 unspecified atom stereocenters. The zero-order valence-corrected chi connectivity index (χ0v) is 44.8. The van der Waals surface area contributed by atoms with E-state index in [2.05, 4.69) is 26.6 Å². The predicted octanol–water partition coefficient (Wildman–Crippen LogP) is 0.790. The Morgan fingerprint density at radius 2 is 1.49 bits per heavy atom. The van der Waals surface area contributed by atoms with Crippen molar-refractivity contribution >= 4 is 70.5 Å². The molecule has 26 heteroatoms. The number of fused-ring (bicyclic) bond motifs is 3. The number of anilines is 1. The maximum atomic E-state index is 14.0. The molecule has 0 saturated carbocycles. The predicted molar refractivity (Wildman–Crippen MR) is 280 cm³/mol. The Bertz CT molecular complexity index is 3070. The molecule has 1 saturated heterocycles. The number of phenolic OH excluding ortho intramolecular Hbond substituents is 2. The monoisotopic (exact) mass is 1130 g/mol. The van der Waals surface area contributed by atoms with Crippen LogP contribution in [0.4, 0.5) is 10.5 Å². The van der Waals surface area contributed by atoms with Crippen molar-refractivity contribution in [1.82, 2.24) is 26.2 Å². The third kappa shape index (κ3) is 13.5. The van der Waals surface area contributed by atoms with E-state index in [-0.39, 0.29) is 59.7 Å². The lowest BCUT2D eigenvalue weighted by Crippen LogP contribution is -2.55. The fraction of sp³-hybridized carbons (Fsp3) is 0.436. The number of benzene rings is 3. The van der Waals surface area contributed by atoms with Crippen LogP contribution in [-0.2, 0) is 65.6 Å². The minimum absolute atomic E-state index is 0.0380. The van der Waals surface area contributed by atoms with Gasteiger partial charge in [0.25, 0.3) is 11.8 Å². The van der Waals surface area contributed by atoms with Gasteiger partial charge >= 0.3 is 6.09 Å². The molecule has 9 atom stereocenters. The number of rotatable bonds is 22. The third-order valence-corrected chi connectivity index (χ3v) is 14.4. The van der Waals surface area contributed by atoms with Gasteiger partial charge in [0.05, 0.1) is 48.5 Å². The van der Waals surface area contributed by atoms with Crippen LogP contribution in [0.3, 0.4) is 0 Å². The number of aromatic hydroxyl groups is 2. The molecule has 26 nitrogen and oxygen atoms in total. The molecule has 432 valence electrons. The molecule has 0 bridgehead atoms. The van der Waals surface area contributed by atoms with Crippen molar-refractivity contribution in [2.75, 3.05) is 19.0 Å². The number of phenols is 2. The maximum Gasteiger partial charge on any atom is 0.407 e. The van der Waals surface area contributed by atoms with Gasteiger partial charge in [0.15, 0.2) is 17.9 Å². The molecule has 7 rings (SSSR count). The molecule has 11 N–H and O–H groups in total. The highest BCUT2D eigenvalue weighted by Gasteiger charge is 2.50. The van der Waals surface area contributed by atoms with Gasteiger partial charge in [-0.1, -0.05) is 30.7 Å². The van der Waals surface area contributed by atoms with E-state index in [4.69, 9.17) is 24.7 Å². The molecule has 3 aromatic carbocycles. The van der Waals surface area contributed by atoms with Crippen molar-refractivity contribution in [3.05, 3.63) is 93.6 Å². The highest BCUT2D eigenvalue weighted by molar-refractivity contribution is 6.31. The van der Waals surface area contributed by atoms with E-state index in [1.165, 1.54) is 82.5 Å². The average molecular weight is 1130 g/mol. The van der Waals surface area contributed by atoms with Crippen LogP contribution >= 0.6 is 0 Å². The van der Waals surface area contributed by atoms with E-state index in [1.807, 2.05) is 0 Å². The SMILES string of the molecule is COc1cccc2c1C(=O)c1c(O)c3c(c(O)c1C2=O)C[C@@](O)(C(C)=O)C[C@@H]3OC1C[C@H](NC(=O)OCc2ccc(NC(=O)[C@H](CC(N)=O)NC(=O)[C@H](C)NC(=O)[C@H](C)NC(=O)CCCCCN3C(=O)C=CC3=O)cc2)[C@H](O)[C@H](C)O1. The van der Waals surface area contributed by atoms with Crippen molar-refractivity contribution in [3.63, 3.8) is 0 Å². The lowest BCUT2D eigenvalue weighted by atomic mass is 9.72. The van der Waals surface area contributed by atoms with Crippen LogP contribution in [0.2, 0.25) is 0 Å². The number of carbonyl (C=O) groups is 11. The Labute approximate surface area is 463 Å². The highest BCUT2D eigenvalue weighted by atomic mass is 16.7. The number of primary amides is 1. The Balaban J connectivity index is 0.905. The number of hydrogen-bond acceptors (Lipinski definition) is 19. The molecule has 3 aromatic rings. The zero-order chi connectivity index (χ0) is 59.2. The number of amides is 8. The summed E-state index contributed by atoms with van der Waals surface area (Å²) in [5.41, 5.74) is 2.07. The van der Waals surface area contributed by atoms with Crippen molar-refractivity contribution in [2.24, 2.45) is 5.73 Å². The number of aliphatic hydroxyl groups is 2. The number of nitrogens with zero attached hydrogens (tertiary/aromatic N) is 1. The number of ether oxygens (including phenoxy) is 4. The normalized spacial score (nSPS) is 22.0. The number of hydrogen-bond donors (Lipinski definition) is 10. The Kier molecular flexibility index (Phi) is 18.7. The van der Waals surface area contributed by atoms with Crippen LogP contribution in [0, 0.1) is 0 Å². The van der Waals surface area contributed by atoms with Gasteiger partial charge < -0.3 is 71.7 Å². The number of aliphatic hydroxyl groups excluding tert-OH is 1. The van der Waals surface area contributed by atoms with Crippen molar-refractivity contribution in [2.45, 2.75) is 140 Å². The van der Waals surface area contributed by atoms with Crippen molar-refractivity contribution < 1.29 is 92.1 Å². The van der Waals surface area contributed by atoms with E-state index in [9.17, 15) is 73.2 Å². The molecule has 2 aliphatic heterocycles. The van der Waals surface area contributed by atoms with Crippen LogP contribution in [0.1, 0.15) is 127 Å². The van der Waals surface area contributed by atoms with Crippen LogP contribution in [0.15, 0.2) is 54.6 Å². The van der Waals surface area contributed by atoms with Gasteiger partial charge in [-0.05, 0) is 64.3 Å². The molecule has 0 radical (unpaired) electrons. The number of carbonyl (C=O) groups excluding carboxylic acids is 11. The second-order valence-electron chi connectivity index (χ2n) is 20.2. The minimum Gasteiger partial charge on any atom is -0.507 e. The molecule has 4 aliphatic rings. The number of ketones is 3. The summed E-state index contributed by atoms with van der Waals surface area (Å²) in [5, 5.41) is 58.7. The van der Waals surface area contributed by atoms with Gasteiger partial charge in [0.1, 0.15) is 53.7 Å². The standard InChI is InChI=1S/C55H63N7O19/c1-25(57-38(65)12-7-6-8-19-62-39(66)17-18-40(62)67)51(73)58-26(2)52(74)60-34(20-37(56)64)53(75)59-30-15-13-29(14-16-30)24-79-54(76)61-33-21-41(80-27(3)46(33)68)81-36-23-55(77,28(4)63)22-32-43(36)50(72)45-44(48(32)70)47(69)31-10-9-11-35(78-5)42(31)49(45)71/h9-11,13-18,25-27,33-34,36,41,46,68,70,72,77H,6-8,12,19-24H2,1-5H3,(H2,56,64)(H,57,65)(H,58,73)(H,59,75)(H,60,74)(H,61,76)/t25-,26-,27-,33-,34-,36-,41?,46+,55-/m0/s1. The Morgan fingerprint density at radius 3 is 2.15 bits per heavy atom. The molecule has 0 aromatic heterocycles. The zero-order valence-electron chi connectivity index (χ0n) is 44.8. The lowest BCUT2D eigenvalue weighted by molar-refractivity contribution is -0.249. The number of methoxy groups -OCH3 is 1. The maximum absolute atomic E-state index is 14.0. The first-order valence-electron chi connectivity index (χ1n) is 26.0. The average Bonchev–Trinajstić information content (AvgIpc) is 3.85. The van der Waals surface area contributed by atoms with E-state index in [0.29, 0.717) is 24.8 Å². The lowest BCUT2D eigenvalue weighted by Gasteiger charge is -2.42. The van der Waals surface area contributed by atoms with Crippen LogP contribution in [-0.4, -0.2) is 152 Å². The highest BCUT2D eigenvalue weighted by Crippen LogP contribution is 2.52. The first-order chi connectivity index (χ1) is 38.3. The van der Waals surface area contributed by atoms with Gasteiger partial charge in [-0.15, -0.1) is 0 Å². The third-order valence-electron chi connectivity index (χ3n) is 14.4. The summed E-state index contributed by atoms with van der Waals surface area (Å²) in [4.78, 5) is 142. The van der Waals surface area contributed by atoms with E-state index < -0.39 is 161 Å². The molecule has 1 fully saturated rings. The van der Waals surface area contributed by atoms with Gasteiger partial charge in [-0.25, -0.2) is 4.79 Å². The summed E-state index contributed by atoms with van der Waals surface area (Å²) in [6, 6.07) is 5.25. The van der Waals surface area contributed by atoms with Gasteiger partial charge in [-0.3, -0.25) is 52.8 Å². The van der Waals surface area contributed by atoms with E-state index in [1.54, 1.807) is 0 Å². The second-order valence-corrected chi connectivity index (χ2v) is 20.2. The first-order valence-corrected chi connectivity index (χ1v) is 26.0. The fourth-order valence-corrected chi connectivity index (χ4v) is 9.90. The van der Waals surface area contributed by atoms with E-state index in [0.717, 1.165) is 11.8 Å².